The summed E-state index contributed by atoms with van der Waals surface area (Å²) >= 11 is 5.99. The minimum absolute atomic E-state index is 0.614. The second-order valence-corrected chi connectivity index (χ2v) is 4.25. The van der Waals surface area contributed by atoms with E-state index in [0.717, 1.165) is 30.9 Å². The Balaban J connectivity index is 2.79. The van der Waals surface area contributed by atoms with Crippen molar-refractivity contribution in [3.8, 4) is 5.75 Å². The monoisotopic (exact) mass is 257 g/mol. The van der Waals surface area contributed by atoms with E-state index in [-0.39, 0.29) is 0 Å². The predicted molar refractivity (Wildman–Crippen MR) is 71.4 cm³/mol. The first-order chi connectivity index (χ1) is 8.21. The summed E-state index contributed by atoms with van der Waals surface area (Å²) in [6, 6.07) is 5.61. The number of nitrogens with zero attached hydrogens (tertiary/aromatic N) is 1. The average molecular weight is 258 g/mol. The molecule has 0 spiro atoms. The quantitative estimate of drug-likeness (QED) is 0.767. The van der Waals surface area contributed by atoms with Crippen molar-refractivity contribution in [2.75, 3.05) is 33.3 Å². The van der Waals surface area contributed by atoms with Crippen LogP contribution in [0.1, 0.15) is 5.56 Å². The van der Waals surface area contributed by atoms with Gasteiger partial charge in [-0.3, -0.25) is 4.90 Å². The van der Waals surface area contributed by atoms with Crippen LogP contribution in [0.25, 0.3) is 0 Å². The molecule has 0 bridgehead atoms. The van der Waals surface area contributed by atoms with Crippen molar-refractivity contribution in [1.82, 2.24) is 4.90 Å². The van der Waals surface area contributed by atoms with Crippen LogP contribution < -0.4 is 16.2 Å². The summed E-state index contributed by atoms with van der Waals surface area (Å²) in [5.41, 5.74) is 12.2. The lowest BCUT2D eigenvalue weighted by molar-refractivity contribution is 0.275. The van der Waals surface area contributed by atoms with Crippen LogP contribution in [0.3, 0.4) is 0 Å². The van der Waals surface area contributed by atoms with Gasteiger partial charge in [-0.05, 0) is 18.2 Å². The van der Waals surface area contributed by atoms with Crippen LogP contribution in [0, 0.1) is 0 Å². The lowest BCUT2D eigenvalue weighted by Crippen LogP contribution is -2.33. The molecule has 0 aliphatic carbocycles. The highest BCUT2D eigenvalue weighted by Crippen LogP contribution is 2.23. The second-order valence-electron chi connectivity index (χ2n) is 3.81. The summed E-state index contributed by atoms with van der Waals surface area (Å²) in [4.78, 5) is 2.19. The van der Waals surface area contributed by atoms with Crippen LogP contribution in [0.15, 0.2) is 18.2 Å². The lowest BCUT2D eigenvalue weighted by Gasteiger charge is -2.22. The predicted octanol–water partition coefficient (Wildman–Crippen LogP) is 1.07. The van der Waals surface area contributed by atoms with Crippen LogP contribution in [0.4, 0.5) is 0 Å². The lowest BCUT2D eigenvalue weighted by atomic mass is 10.2. The highest BCUT2D eigenvalue weighted by Gasteiger charge is 2.09. The third-order valence-electron chi connectivity index (χ3n) is 2.53. The van der Waals surface area contributed by atoms with Crippen LogP contribution in [-0.4, -0.2) is 38.2 Å². The molecule has 0 saturated carbocycles. The van der Waals surface area contributed by atoms with Gasteiger partial charge in [0.15, 0.2) is 0 Å². The van der Waals surface area contributed by atoms with Crippen LogP contribution >= 0.6 is 11.6 Å². The number of benzene rings is 1. The van der Waals surface area contributed by atoms with Gasteiger partial charge in [0.25, 0.3) is 0 Å². The first-order valence-corrected chi connectivity index (χ1v) is 6.04. The van der Waals surface area contributed by atoms with Crippen molar-refractivity contribution in [2.24, 2.45) is 11.5 Å². The van der Waals surface area contributed by atoms with Gasteiger partial charge in [0.05, 0.1) is 7.11 Å². The highest BCUT2D eigenvalue weighted by molar-refractivity contribution is 6.30. The minimum atomic E-state index is 0.614. The molecular formula is C12H20ClN3O. The summed E-state index contributed by atoms with van der Waals surface area (Å²) in [5.74, 6) is 0.841. The van der Waals surface area contributed by atoms with Crippen molar-refractivity contribution in [3.05, 3.63) is 28.8 Å². The van der Waals surface area contributed by atoms with E-state index in [1.807, 2.05) is 18.2 Å². The average Bonchev–Trinajstić information content (AvgIpc) is 2.30. The van der Waals surface area contributed by atoms with Crippen molar-refractivity contribution in [1.29, 1.82) is 0 Å². The topological polar surface area (TPSA) is 64.5 Å². The van der Waals surface area contributed by atoms with Crippen LogP contribution in [-0.2, 0) is 6.54 Å². The highest BCUT2D eigenvalue weighted by atomic mass is 35.5. The molecule has 0 aromatic heterocycles. The molecule has 17 heavy (non-hydrogen) atoms. The normalized spacial score (nSPS) is 10.9. The Morgan fingerprint density at radius 2 is 1.88 bits per heavy atom. The van der Waals surface area contributed by atoms with Gasteiger partial charge in [0, 0.05) is 43.3 Å². The number of rotatable bonds is 7. The fourth-order valence-corrected chi connectivity index (χ4v) is 1.94. The minimum Gasteiger partial charge on any atom is -0.496 e. The number of hydrogen-bond donors (Lipinski definition) is 2. The Kier molecular flexibility index (Phi) is 6.29. The Bertz CT molecular complexity index is 341. The van der Waals surface area contributed by atoms with Crippen molar-refractivity contribution >= 4 is 11.6 Å². The molecule has 0 heterocycles. The molecule has 4 nitrogen and oxygen atoms in total. The standard InChI is InChI=1S/C12H20ClN3O/c1-17-12-3-2-11(13)8-10(12)9-16(6-4-14)7-5-15/h2-3,8H,4-7,9,14-15H2,1H3. The zero-order valence-corrected chi connectivity index (χ0v) is 10.9. The van der Waals surface area contributed by atoms with E-state index in [2.05, 4.69) is 4.90 Å². The molecule has 0 aliphatic heterocycles. The van der Waals surface area contributed by atoms with Gasteiger partial charge in [0.2, 0.25) is 0 Å². The van der Waals surface area contributed by atoms with Gasteiger partial charge in [0.1, 0.15) is 5.75 Å². The van der Waals surface area contributed by atoms with E-state index in [0.29, 0.717) is 18.1 Å². The van der Waals surface area contributed by atoms with Gasteiger partial charge in [-0.2, -0.15) is 0 Å². The first-order valence-electron chi connectivity index (χ1n) is 5.66. The van der Waals surface area contributed by atoms with E-state index < -0.39 is 0 Å². The summed E-state index contributed by atoms with van der Waals surface area (Å²) in [7, 11) is 1.66. The van der Waals surface area contributed by atoms with Crippen molar-refractivity contribution in [2.45, 2.75) is 6.54 Å². The zero-order chi connectivity index (χ0) is 12.7. The number of hydrogen-bond acceptors (Lipinski definition) is 4. The molecule has 4 N–H and O–H groups in total. The van der Waals surface area contributed by atoms with E-state index in [9.17, 15) is 0 Å². The van der Waals surface area contributed by atoms with E-state index in [4.69, 9.17) is 27.8 Å². The molecular weight excluding hydrogens is 238 g/mol. The summed E-state index contributed by atoms with van der Waals surface area (Å²) in [6.45, 7) is 3.60. The molecule has 1 rings (SSSR count). The van der Waals surface area contributed by atoms with Crippen LogP contribution in [0.5, 0.6) is 5.75 Å². The summed E-state index contributed by atoms with van der Waals surface area (Å²) < 4.78 is 5.31. The van der Waals surface area contributed by atoms with Gasteiger partial charge in [-0.15, -0.1) is 0 Å². The van der Waals surface area contributed by atoms with Crippen molar-refractivity contribution < 1.29 is 4.74 Å². The van der Waals surface area contributed by atoms with E-state index in [1.54, 1.807) is 7.11 Å². The zero-order valence-electron chi connectivity index (χ0n) is 10.2. The fraction of sp³-hybridized carbons (Fsp3) is 0.500. The Labute approximate surface area is 107 Å². The summed E-state index contributed by atoms with van der Waals surface area (Å²) in [5, 5.41) is 0.709. The van der Waals surface area contributed by atoms with Gasteiger partial charge >= 0.3 is 0 Å². The van der Waals surface area contributed by atoms with Gasteiger partial charge in [-0.25, -0.2) is 0 Å². The number of nitrogens with two attached hydrogens (primary N) is 2. The molecule has 0 fully saturated rings. The summed E-state index contributed by atoms with van der Waals surface area (Å²) in [6.07, 6.45) is 0. The maximum atomic E-state index is 5.99. The molecule has 0 saturated heterocycles. The van der Waals surface area contributed by atoms with Crippen molar-refractivity contribution in [3.63, 3.8) is 0 Å². The number of ether oxygens (including phenoxy) is 1. The first kappa shape index (κ1) is 14.3. The maximum Gasteiger partial charge on any atom is 0.123 e. The Morgan fingerprint density at radius 1 is 1.24 bits per heavy atom. The third kappa shape index (κ3) is 4.52. The molecule has 0 unspecified atom stereocenters. The number of halogens is 1. The molecule has 1 aromatic carbocycles. The van der Waals surface area contributed by atoms with E-state index in [1.165, 1.54) is 0 Å². The molecule has 0 aliphatic rings. The second kappa shape index (κ2) is 7.50. The molecule has 5 heteroatoms. The molecule has 0 atom stereocenters. The molecule has 96 valence electrons. The molecule has 0 amide bonds. The Hall–Kier alpha value is -0.810. The van der Waals surface area contributed by atoms with Gasteiger partial charge in [-0.1, -0.05) is 11.6 Å². The SMILES string of the molecule is COc1ccc(Cl)cc1CN(CCN)CCN. The maximum absolute atomic E-state index is 5.99. The molecule has 0 radical (unpaired) electrons. The number of methoxy groups -OCH3 is 1. The largest absolute Gasteiger partial charge is 0.496 e. The third-order valence-corrected chi connectivity index (χ3v) is 2.76. The van der Waals surface area contributed by atoms with Gasteiger partial charge < -0.3 is 16.2 Å². The molecule has 1 aromatic rings. The fourth-order valence-electron chi connectivity index (χ4n) is 1.75. The smallest absolute Gasteiger partial charge is 0.123 e. The van der Waals surface area contributed by atoms with E-state index >= 15 is 0 Å². The van der Waals surface area contributed by atoms with Crippen LogP contribution in [0.2, 0.25) is 5.02 Å². The Morgan fingerprint density at radius 3 is 2.41 bits per heavy atom.